The Kier molecular flexibility index (Phi) is 7.13. The number of rotatable bonds is 5. The lowest BCUT2D eigenvalue weighted by atomic mass is 10.1. The zero-order chi connectivity index (χ0) is 20.9. The van der Waals surface area contributed by atoms with Gasteiger partial charge >= 0.3 is 6.18 Å². The van der Waals surface area contributed by atoms with Crippen LogP contribution in [0.1, 0.15) is 21.0 Å². The molecule has 0 radical (unpaired) electrons. The lowest BCUT2D eigenvalue weighted by Crippen LogP contribution is -2.52. The van der Waals surface area contributed by atoms with Gasteiger partial charge in [-0.3, -0.25) is 9.89 Å². The Bertz CT molecular complexity index is 808. The van der Waals surface area contributed by atoms with E-state index < -0.39 is 11.7 Å². The molecule has 1 saturated heterocycles. The van der Waals surface area contributed by atoms with Gasteiger partial charge in [-0.25, -0.2) is 4.98 Å². The maximum absolute atomic E-state index is 12.7. The number of aliphatic imine (C=N–C) groups is 1. The number of hydrogen-bond donors (Lipinski definition) is 1. The predicted molar refractivity (Wildman–Crippen MR) is 110 cm³/mol. The summed E-state index contributed by atoms with van der Waals surface area (Å²) in [6, 6.07) is 5.44. The van der Waals surface area contributed by atoms with Crippen LogP contribution in [0.15, 0.2) is 35.5 Å². The summed E-state index contributed by atoms with van der Waals surface area (Å²) in [7, 11) is 1.78. The van der Waals surface area contributed by atoms with E-state index in [9.17, 15) is 13.2 Å². The number of benzene rings is 1. The molecule has 0 bridgehead atoms. The summed E-state index contributed by atoms with van der Waals surface area (Å²) in [6.45, 7) is 6.83. The van der Waals surface area contributed by atoms with Crippen LogP contribution in [0.25, 0.3) is 0 Å². The third kappa shape index (κ3) is 6.17. The van der Waals surface area contributed by atoms with E-state index in [1.807, 2.05) is 6.20 Å². The third-order valence-corrected chi connectivity index (χ3v) is 5.83. The standard InChI is InChI=1S/C20H26F3N5S/c1-15-13-26-18(29-15)7-8-25-19(24-2)28-11-9-27(10-12-28)14-16-3-5-17(6-4-16)20(21,22)23/h3-6,13H,7-12,14H2,1-2H3,(H,24,25). The van der Waals surface area contributed by atoms with E-state index in [1.54, 1.807) is 30.5 Å². The van der Waals surface area contributed by atoms with Crippen molar-refractivity contribution in [2.75, 3.05) is 39.8 Å². The number of halogens is 3. The van der Waals surface area contributed by atoms with Crippen LogP contribution in [-0.4, -0.2) is 60.5 Å². The summed E-state index contributed by atoms with van der Waals surface area (Å²) in [6.07, 6.45) is -1.53. The molecule has 0 unspecified atom stereocenters. The topological polar surface area (TPSA) is 43.8 Å². The first-order valence-corrected chi connectivity index (χ1v) is 10.4. The van der Waals surface area contributed by atoms with E-state index in [1.165, 1.54) is 4.88 Å². The lowest BCUT2D eigenvalue weighted by molar-refractivity contribution is -0.137. The Balaban J connectivity index is 1.44. The number of alkyl halides is 3. The van der Waals surface area contributed by atoms with Crippen molar-refractivity contribution in [3.63, 3.8) is 0 Å². The van der Waals surface area contributed by atoms with Crippen molar-refractivity contribution in [2.45, 2.75) is 26.1 Å². The van der Waals surface area contributed by atoms with Crippen LogP contribution in [0.2, 0.25) is 0 Å². The fraction of sp³-hybridized carbons (Fsp3) is 0.500. The summed E-state index contributed by atoms with van der Waals surface area (Å²) in [5.41, 5.74) is 0.293. The molecule has 0 spiro atoms. The van der Waals surface area contributed by atoms with Crippen molar-refractivity contribution in [3.05, 3.63) is 51.5 Å². The molecule has 29 heavy (non-hydrogen) atoms. The van der Waals surface area contributed by atoms with Crippen LogP contribution < -0.4 is 5.32 Å². The number of aryl methyl sites for hydroxylation is 1. The van der Waals surface area contributed by atoms with Gasteiger partial charge in [-0.15, -0.1) is 11.3 Å². The van der Waals surface area contributed by atoms with Gasteiger partial charge in [-0.2, -0.15) is 13.2 Å². The largest absolute Gasteiger partial charge is 0.416 e. The van der Waals surface area contributed by atoms with Gasteiger partial charge in [-0.05, 0) is 24.6 Å². The molecule has 9 heteroatoms. The molecular formula is C20H26F3N5S. The van der Waals surface area contributed by atoms with Crippen LogP contribution in [0, 0.1) is 6.92 Å². The molecule has 5 nitrogen and oxygen atoms in total. The average Bonchev–Trinajstić information content (AvgIpc) is 3.11. The summed E-state index contributed by atoms with van der Waals surface area (Å²) in [5, 5.41) is 4.52. The summed E-state index contributed by atoms with van der Waals surface area (Å²) in [4.78, 5) is 14.4. The first-order chi connectivity index (χ1) is 13.8. The van der Waals surface area contributed by atoms with E-state index in [2.05, 4.69) is 32.0 Å². The average molecular weight is 426 g/mol. The summed E-state index contributed by atoms with van der Waals surface area (Å²) in [5.74, 6) is 0.882. The Labute approximate surface area is 173 Å². The lowest BCUT2D eigenvalue weighted by Gasteiger charge is -2.36. The minimum Gasteiger partial charge on any atom is -0.356 e. The maximum atomic E-state index is 12.7. The highest BCUT2D eigenvalue weighted by Gasteiger charge is 2.30. The van der Waals surface area contributed by atoms with Gasteiger partial charge in [0.05, 0.1) is 10.6 Å². The van der Waals surface area contributed by atoms with Gasteiger partial charge in [0.25, 0.3) is 0 Å². The Morgan fingerprint density at radius 2 is 1.86 bits per heavy atom. The number of hydrogen-bond acceptors (Lipinski definition) is 4. The first kappa shape index (κ1) is 21.6. The monoisotopic (exact) mass is 425 g/mol. The van der Waals surface area contributed by atoms with Gasteiger partial charge in [-0.1, -0.05) is 12.1 Å². The molecule has 0 amide bonds. The van der Waals surface area contributed by atoms with Crippen molar-refractivity contribution in [1.82, 2.24) is 20.1 Å². The minimum atomic E-state index is -4.29. The molecule has 0 aliphatic carbocycles. The number of aromatic nitrogens is 1. The predicted octanol–water partition coefficient (Wildman–Crippen LogP) is 3.41. The van der Waals surface area contributed by atoms with Crippen LogP contribution in [-0.2, 0) is 19.1 Å². The van der Waals surface area contributed by atoms with Gasteiger partial charge in [0, 0.05) is 63.8 Å². The molecule has 1 aromatic carbocycles. The molecule has 2 heterocycles. The normalized spacial score (nSPS) is 16.3. The Morgan fingerprint density at radius 3 is 2.41 bits per heavy atom. The fourth-order valence-electron chi connectivity index (χ4n) is 3.31. The van der Waals surface area contributed by atoms with E-state index in [-0.39, 0.29) is 0 Å². The molecule has 158 valence electrons. The van der Waals surface area contributed by atoms with Crippen molar-refractivity contribution < 1.29 is 13.2 Å². The van der Waals surface area contributed by atoms with Gasteiger partial charge in [0.1, 0.15) is 0 Å². The molecule has 3 rings (SSSR count). The van der Waals surface area contributed by atoms with Crippen molar-refractivity contribution in [1.29, 1.82) is 0 Å². The summed E-state index contributed by atoms with van der Waals surface area (Å²) >= 11 is 1.71. The zero-order valence-electron chi connectivity index (χ0n) is 16.7. The van der Waals surface area contributed by atoms with E-state index in [0.717, 1.165) is 67.8 Å². The van der Waals surface area contributed by atoms with Crippen LogP contribution in [0.5, 0.6) is 0 Å². The van der Waals surface area contributed by atoms with E-state index in [4.69, 9.17) is 0 Å². The molecule has 0 saturated carbocycles. The van der Waals surface area contributed by atoms with Crippen LogP contribution in [0.3, 0.4) is 0 Å². The number of guanidine groups is 1. The van der Waals surface area contributed by atoms with Gasteiger partial charge < -0.3 is 10.2 Å². The second-order valence-corrected chi connectivity index (χ2v) is 8.37. The van der Waals surface area contributed by atoms with Gasteiger partial charge in [0.2, 0.25) is 0 Å². The molecule has 1 aliphatic rings. The minimum absolute atomic E-state index is 0.603. The van der Waals surface area contributed by atoms with Crippen LogP contribution in [0.4, 0.5) is 13.2 Å². The molecule has 1 fully saturated rings. The molecule has 1 N–H and O–H groups in total. The number of piperazine rings is 1. The second-order valence-electron chi connectivity index (χ2n) is 7.05. The van der Waals surface area contributed by atoms with Gasteiger partial charge in [0.15, 0.2) is 5.96 Å². The smallest absolute Gasteiger partial charge is 0.356 e. The van der Waals surface area contributed by atoms with E-state index in [0.29, 0.717) is 6.54 Å². The molecule has 1 aliphatic heterocycles. The van der Waals surface area contributed by atoms with Crippen molar-refractivity contribution in [3.8, 4) is 0 Å². The quantitative estimate of drug-likeness (QED) is 0.589. The van der Waals surface area contributed by atoms with Crippen LogP contribution >= 0.6 is 11.3 Å². The zero-order valence-corrected chi connectivity index (χ0v) is 17.5. The Hall–Kier alpha value is -2.13. The highest BCUT2D eigenvalue weighted by Crippen LogP contribution is 2.29. The SMILES string of the molecule is CN=C(NCCc1ncc(C)s1)N1CCN(Cc2ccc(C(F)(F)F)cc2)CC1. The maximum Gasteiger partial charge on any atom is 0.416 e. The van der Waals surface area contributed by atoms with Crippen molar-refractivity contribution in [2.24, 2.45) is 4.99 Å². The molecule has 1 aromatic heterocycles. The summed E-state index contributed by atoms with van der Waals surface area (Å²) < 4.78 is 38.0. The fourth-order valence-corrected chi connectivity index (χ4v) is 4.09. The molecular weight excluding hydrogens is 399 g/mol. The van der Waals surface area contributed by atoms with Crippen molar-refractivity contribution >= 4 is 17.3 Å². The number of nitrogens with zero attached hydrogens (tertiary/aromatic N) is 4. The molecule has 2 aromatic rings. The highest BCUT2D eigenvalue weighted by atomic mass is 32.1. The number of nitrogens with one attached hydrogen (secondary N) is 1. The first-order valence-electron chi connectivity index (χ1n) is 9.60. The number of thiazole rings is 1. The highest BCUT2D eigenvalue weighted by molar-refractivity contribution is 7.11. The second kappa shape index (κ2) is 9.58. The third-order valence-electron chi connectivity index (χ3n) is 4.86. The van der Waals surface area contributed by atoms with E-state index >= 15 is 0 Å². The molecule has 0 atom stereocenters. The Morgan fingerprint density at radius 1 is 1.17 bits per heavy atom.